The highest BCUT2D eigenvalue weighted by Gasteiger charge is 2.24. The molecule has 0 unspecified atom stereocenters. The minimum Gasteiger partial charge on any atom is -0.461 e. The molecule has 1 fully saturated rings. The Balaban J connectivity index is 1.79. The number of esters is 1. The Morgan fingerprint density at radius 1 is 1.18 bits per heavy atom. The van der Waals surface area contributed by atoms with Crippen molar-refractivity contribution in [2.75, 3.05) is 39.8 Å². The third-order valence-electron chi connectivity index (χ3n) is 5.21. The van der Waals surface area contributed by atoms with Crippen LogP contribution in [0.3, 0.4) is 0 Å². The third-order valence-corrected chi connectivity index (χ3v) is 6.04. The molecule has 0 N–H and O–H groups in total. The summed E-state index contributed by atoms with van der Waals surface area (Å²) in [7, 11) is 2.16. The van der Waals surface area contributed by atoms with Crippen LogP contribution in [0.15, 0.2) is 29.6 Å². The van der Waals surface area contributed by atoms with E-state index >= 15 is 0 Å². The minimum atomic E-state index is -0.300. The van der Waals surface area contributed by atoms with Gasteiger partial charge in [-0.25, -0.2) is 9.78 Å². The molecular weight excluding hydrogens is 372 g/mol. The highest BCUT2D eigenvalue weighted by atomic mass is 32.1. The first-order valence-corrected chi connectivity index (χ1v) is 10.6. The lowest BCUT2D eigenvalue weighted by Crippen LogP contribution is -2.44. The number of imidazole rings is 1. The number of benzene rings is 1. The van der Waals surface area contributed by atoms with Crippen LogP contribution in [-0.4, -0.2) is 65.0 Å². The highest BCUT2D eigenvalue weighted by Crippen LogP contribution is 2.31. The number of nitrogens with zero attached hydrogens (tertiary/aromatic N) is 4. The van der Waals surface area contributed by atoms with E-state index in [1.165, 1.54) is 16.9 Å². The topological polar surface area (TPSA) is 50.1 Å². The number of likely N-dealkylation sites (N-methyl/N-ethyl adjacent to an activating group) is 1. The fourth-order valence-electron chi connectivity index (χ4n) is 3.59. The van der Waals surface area contributed by atoms with Crippen molar-refractivity contribution in [2.45, 2.75) is 20.4 Å². The normalized spacial score (nSPS) is 16.0. The van der Waals surface area contributed by atoms with Crippen molar-refractivity contribution in [3.8, 4) is 11.3 Å². The molecule has 0 spiro atoms. The number of thiazole rings is 1. The largest absolute Gasteiger partial charge is 0.461 e. The van der Waals surface area contributed by atoms with E-state index in [0.717, 1.165) is 54.6 Å². The first-order valence-electron chi connectivity index (χ1n) is 9.70. The van der Waals surface area contributed by atoms with Gasteiger partial charge in [0.1, 0.15) is 5.69 Å². The van der Waals surface area contributed by atoms with Crippen LogP contribution in [0.1, 0.15) is 28.7 Å². The molecule has 148 valence electrons. The van der Waals surface area contributed by atoms with Gasteiger partial charge >= 0.3 is 5.97 Å². The Bertz CT molecular complexity index is 968. The van der Waals surface area contributed by atoms with Crippen molar-refractivity contribution in [3.63, 3.8) is 0 Å². The summed E-state index contributed by atoms with van der Waals surface area (Å²) in [5.74, 6) is -0.300. The molecular formula is C21H26N4O2S. The van der Waals surface area contributed by atoms with Crippen molar-refractivity contribution in [1.29, 1.82) is 0 Å². The van der Waals surface area contributed by atoms with Crippen molar-refractivity contribution in [2.24, 2.45) is 0 Å². The van der Waals surface area contributed by atoms with Crippen LogP contribution in [0.25, 0.3) is 16.2 Å². The summed E-state index contributed by atoms with van der Waals surface area (Å²) in [6, 6.07) is 8.42. The maximum atomic E-state index is 12.5. The van der Waals surface area contributed by atoms with E-state index in [4.69, 9.17) is 9.72 Å². The number of rotatable bonds is 5. The van der Waals surface area contributed by atoms with E-state index in [2.05, 4.69) is 48.0 Å². The van der Waals surface area contributed by atoms with Gasteiger partial charge in [0.25, 0.3) is 0 Å². The summed E-state index contributed by atoms with van der Waals surface area (Å²) in [4.78, 5) is 23.0. The van der Waals surface area contributed by atoms with Crippen LogP contribution in [-0.2, 0) is 11.3 Å². The number of carbonyl (C=O) groups is 1. The van der Waals surface area contributed by atoms with E-state index in [-0.39, 0.29) is 5.97 Å². The van der Waals surface area contributed by atoms with Gasteiger partial charge in [-0.3, -0.25) is 9.30 Å². The number of carbonyl (C=O) groups excluding carboxylic acids is 1. The van der Waals surface area contributed by atoms with Gasteiger partial charge in [-0.1, -0.05) is 29.8 Å². The van der Waals surface area contributed by atoms with Crippen LogP contribution in [0.4, 0.5) is 0 Å². The van der Waals surface area contributed by atoms with Gasteiger partial charge in [0.2, 0.25) is 0 Å². The SMILES string of the molecule is CCOC(=O)c1csc2nc(CN3CCN(C)CC3)c(-c3ccc(C)cc3)n12. The predicted molar refractivity (Wildman–Crippen MR) is 112 cm³/mol. The molecule has 0 aliphatic carbocycles. The number of ether oxygens (including phenoxy) is 1. The summed E-state index contributed by atoms with van der Waals surface area (Å²) < 4.78 is 7.25. The van der Waals surface area contributed by atoms with Gasteiger partial charge in [-0.2, -0.15) is 0 Å². The average Bonchev–Trinajstić information content (AvgIpc) is 3.23. The molecule has 0 radical (unpaired) electrons. The summed E-state index contributed by atoms with van der Waals surface area (Å²) in [5, 5.41) is 1.84. The second-order valence-corrected chi connectivity index (χ2v) is 8.15. The van der Waals surface area contributed by atoms with Crippen molar-refractivity contribution in [1.82, 2.24) is 19.2 Å². The molecule has 1 aliphatic rings. The Kier molecular flexibility index (Phi) is 5.48. The van der Waals surface area contributed by atoms with Gasteiger partial charge in [0.05, 0.1) is 18.0 Å². The molecule has 4 rings (SSSR count). The van der Waals surface area contributed by atoms with Crippen LogP contribution >= 0.6 is 11.3 Å². The molecule has 1 saturated heterocycles. The standard InChI is InChI=1S/C21H26N4O2S/c1-4-27-20(26)18-14-28-21-22-17(13-24-11-9-23(3)10-12-24)19(25(18)21)16-7-5-15(2)6-8-16/h5-8,14H,4,9-13H2,1-3H3. The third kappa shape index (κ3) is 3.70. The maximum absolute atomic E-state index is 12.5. The second-order valence-electron chi connectivity index (χ2n) is 7.31. The lowest BCUT2D eigenvalue weighted by atomic mass is 10.1. The lowest BCUT2D eigenvalue weighted by molar-refractivity contribution is 0.0519. The predicted octanol–water partition coefficient (Wildman–Crippen LogP) is 3.30. The summed E-state index contributed by atoms with van der Waals surface area (Å²) in [5.41, 5.74) is 4.85. The van der Waals surface area contributed by atoms with E-state index in [9.17, 15) is 4.79 Å². The van der Waals surface area contributed by atoms with E-state index < -0.39 is 0 Å². The number of piperazine rings is 1. The smallest absolute Gasteiger partial charge is 0.356 e. The fourth-order valence-corrected chi connectivity index (χ4v) is 4.46. The average molecular weight is 399 g/mol. The minimum absolute atomic E-state index is 0.300. The van der Waals surface area contributed by atoms with Gasteiger partial charge in [0, 0.05) is 43.7 Å². The van der Waals surface area contributed by atoms with Crippen LogP contribution in [0.5, 0.6) is 0 Å². The number of aromatic nitrogens is 2. The van der Waals surface area contributed by atoms with Gasteiger partial charge in [0.15, 0.2) is 4.96 Å². The fraction of sp³-hybridized carbons (Fsp3) is 0.429. The Morgan fingerprint density at radius 3 is 2.57 bits per heavy atom. The molecule has 0 saturated carbocycles. The second kappa shape index (κ2) is 8.03. The van der Waals surface area contributed by atoms with Crippen LogP contribution in [0.2, 0.25) is 0 Å². The van der Waals surface area contributed by atoms with E-state index in [1.54, 1.807) is 0 Å². The molecule has 6 nitrogen and oxygen atoms in total. The van der Waals surface area contributed by atoms with Crippen molar-refractivity contribution < 1.29 is 9.53 Å². The van der Waals surface area contributed by atoms with E-state index in [0.29, 0.717) is 12.3 Å². The van der Waals surface area contributed by atoms with Gasteiger partial charge < -0.3 is 9.64 Å². The molecule has 0 atom stereocenters. The molecule has 2 aromatic heterocycles. The van der Waals surface area contributed by atoms with E-state index in [1.807, 2.05) is 16.7 Å². The highest BCUT2D eigenvalue weighted by molar-refractivity contribution is 7.15. The van der Waals surface area contributed by atoms with Crippen molar-refractivity contribution in [3.05, 3.63) is 46.6 Å². The molecule has 3 aromatic rings. The Labute approximate surface area is 169 Å². The Morgan fingerprint density at radius 2 is 1.89 bits per heavy atom. The summed E-state index contributed by atoms with van der Waals surface area (Å²) >= 11 is 1.49. The first kappa shape index (κ1) is 19.1. The monoisotopic (exact) mass is 398 g/mol. The molecule has 0 bridgehead atoms. The van der Waals surface area contributed by atoms with Crippen LogP contribution in [0, 0.1) is 6.92 Å². The first-order chi connectivity index (χ1) is 13.6. The Hall–Kier alpha value is -2.22. The molecule has 7 heteroatoms. The number of fused-ring (bicyclic) bond motifs is 1. The maximum Gasteiger partial charge on any atom is 0.356 e. The molecule has 0 amide bonds. The lowest BCUT2D eigenvalue weighted by Gasteiger charge is -2.32. The quantitative estimate of drug-likeness (QED) is 0.617. The zero-order valence-corrected chi connectivity index (χ0v) is 17.5. The molecule has 3 heterocycles. The zero-order valence-electron chi connectivity index (χ0n) is 16.6. The van der Waals surface area contributed by atoms with Gasteiger partial charge in [-0.15, -0.1) is 11.3 Å². The summed E-state index contributed by atoms with van der Waals surface area (Å²) in [6.07, 6.45) is 0. The summed E-state index contributed by atoms with van der Waals surface area (Å²) in [6.45, 7) is 9.24. The molecule has 28 heavy (non-hydrogen) atoms. The number of aryl methyl sites for hydroxylation is 1. The number of hydrogen-bond acceptors (Lipinski definition) is 6. The van der Waals surface area contributed by atoms with Crippen LogP contribution < -0.4 is 0 Å². The zero-order chi connectivity index (χ0) is 19.7. The number of hydrogen-bond donors (Lipinski definition) is 0. The van der Waals surface area contributed by atoms with Gasteiger partial charge in [-0.05, 0) is 20.9 Å². The van der Waals surface area contributed by atoms with Crippen molar-refractivity contribution >= 4 is 22.3 Å². The molecule has 1 aliphatic heterocycles. The molecule has 1 aromatic carbocycles.